The van der Waals surface area contributed by atoms with Gasteiger partial charge in [-0.1, -0.05) is 24.3 Å². The predicted molar refractivity (Wildman–Crippen MR) is 72.8 cm³/mol. The molecule has 3 heteroatoms. The van der Waals surface area contributed by atoms with Crippen LogP contribution in [0, 0.1) is 5.82 Å². The van der Waals surface area contributed by atoms with E-state index in [4.69, 9.17) is 4.74 Å². The van der Waals surface area contributed by atoms with E-state index in [1.54, 1.807) is 18.2 Å². The lowest BCUT2D eigenvalue weighted by molar-refractivity contribution is 0.441. The molecule has 2 aromatic carbocycles. The smallest absolute Gasteiger partial charge is 0.165 e. The van der Waals surface area contributed by atoms with Gasteiger partial charge in [0, 0.05) is 12.6 Å². The fraction of sp³-hybridized carbons (Fsp3) is 0.250. The van der Waals surface area contributed by atoms with Gasteiger partial charge in [0.2, 0.25) is 0 Å². The zero-order valence-electron chi connectivity index (χ0n) is 10.6. The summed E-state index contributed by atoms with van der Waals surface area (Å²) >= 11 is 0. The van der Waals surface area contributed by atoms with Crippen molar-refractivity contribution >= 4 is 0 Å². The largest absolute Gasteiger partial charge is 0.454 e. The average Bonchev–Trinajstić information content (AvgIpc) is 3.24. The highest BCUT2D eigenvalue weighted by Crippen LogP contribution is 2.25. The molecule has 0 heterocycles. The highest BCUT2D eigenvalue weighted by molar-refractivity contribution is 5.34. The highest BCUT2D eigenvalue weighted by atomic mass is 19.1. The molecule has 3 rings (SSSR count). The molecule has 0 amide bonds. The van der Waals surface area contributed by atoms with Gasteiger partial charge in [0.15, 0.2) is 11.6 Å². The zero-order chi connectivity index (χ0) is 13.1. The third-order valence-electron chi connectivity index (χ3n) is 3.14. The molecule has 0 unspecified atom stereocenters. The Kier molecular flexibility index (Phi) is 3.47. The van der Waals surface area contributed by atoms with Crippen molar-refractivity contribution in [2.45, 2.75) is 25.4 Å². The molecule has 0 aliphatic heterocycles. The van der Waals surface area contributed by atoms with E-state index >= 15 is 0 Å². The van der Waals surface area contributed by atoms with Crippen LogP contribution in [0.2, 0.25) is 0 Å². The van der Waals surface area contributed by atoms with Crippen molar-refractivity contribution in [3.05, 3.63) is 59.9 Å². The summed E-state index contributed by atoms with van der Waals surface area (Å²) in [4.78, 5) is 0. The van der Waals surface area contributed by atoms with Crippen LogP contribution in [0.3, 0.4) is 0 Å². The van der Waals surface area contributed by atoms with Gasteiger partial charge in [0.1, 0.15) is 5.75 Å². The van der Waals surface area contributed by atoms with E-state index in [-0.39, 0.29) is 11.6 Å². The Morgan fingerprint density at radius 1 is 1.11 bits per heavy atom. The van der Waals surface area contributed by atoms with Gasteiger partial charge in [-0.25, -0.2) is 4.39 Å². The van der Waals surface area contributed by atoms with Crippen LogP contribution >= 0.6 is 0 Å². The molecule has 0 saturated heterocycles. The van der Waals surface area contributed by atoms with Gasteiger partial charge >= 0.3 is 0 Å². The van der Waals surface area contributed by atoms with E-state index in [1.807, 2.05) is 24.3 Å². The molecule has 2 aromatic rings. The van der Waals surface area contributed by atoms with Gasteiger partial charge in [0.25, 0.3) is 0 Å². The number of hydrogen-bond donors (Lipinski definition) is 1. The molecule has 1 N–H and O–H groups in total. The molecular formula is C16H16FNO. The fourth-order valence-electron chi connectivity index (χ4n) is 1.92. The van der Waals surface area contributed by atoms with Crippen molar-refractivity contribution in [1.29, 1.82) is 0 Å². The highest BCUT2D eigenvalue weighted by Gasteiger charge is 2.19. The molecular weight excluding hydrogens is 241 g/mol. The van der Waals surface area contributed by atoms with Gasteiger partial charge in [-0.15, -0.1) is 0 Å². The standard InChI is InChI=1S/C16H16FNO/c17-15-6-1-2-7-16(15)19-14-5-3-4-12(10-14)11-18-13-8-9-13/h1-7,10,13,18H,8-9,11H2. The van der Waals surface area contributed by atoms with Crippen LogP contribution in [-0.2, 0) is 6.54 Å². The Labute approximate surface area is 112 Å². The average molecular weight is 257 g/mol. The minimum atomic E-state index is -0.344. The zero-order valence-corrected chi connectivity index (χ0v) is 10.6. The van der Waals surface area contributed by atoms with Crippen molar-refractivity contribution in [2.75, 3.05) is 0 Å². The summed E-state index contributed by atoms with van der Waals surface area (Å²) in [5, 5.41) is 3.45. The van der Waals surface area contributed by atoms with Crippen LogP contribution in [0.5, 0.6) is 11.5 Å². The first kappa shape index (κ1) is 12.2. The summed E-state index contributed by atoms with van der Waals surface area (Å²) in [7, 11) is 0. The lowest BCUT2D eigenvalue weighted by atomic mass is 10.2. The van der Waals surface area contributed by atoms with Crippen LogP contribution in [0.4, 0.5) is 4.39 Å². The molecule has 2 nitrogen and oxygen atoms in total. The molecule has 98 valence electrons. The predicted octanol–water partition coefficient (Wildman–Crippen LogP) is 3.87. The van der Waals surface area contributed by atoms with E-state index in [9.17, 15) is 4.39 Å². The van der Waals surface area contributed by atoms with Crippen LogP contribution in [0.1, 0.15) is 18.4 Å². The first-order chi connectivity index (χ1) is 9.31. The summed E-state index contributed by atoms with van der Waals surface area (Å²) in [5.74, 6) is 0.582. The first-order valence-electron chi connectivity index (χ1n) is 6.56. The Hall–Kier alpha value is -1.87. The van der Waals surface area contributed by atoms with Gasteiger partial charge in [0.05, 0.1) is 0 Å². The monoisotopic (exact) mass is 257 g/mol. The van der Waals surface area contributed by atoms with Gasteiger partial charge in [-0.05, 0) is 42.7 Å². The third-order valence-corrected chi connectivity index (χ3v) is 3.14. The summed E-state index contributed by atoms with van der Waals surface area (Å²) in [6.07, 6.45) is 2.54. The molecule has 19 heavy (non-hydrogen) atoms. The molecule has 0 radical (unpaired) electrons. The van der Waals surface area contributed by atoms with Crippen LogP contribution < -0.4 is 10.1 Å². The number of benzene rings is 2. The van der Waals surface area contributed by atoms with Gasteiger partial charge in [-0.3, -0.25) is 0 Å². The molecule has 0 bridgehead atoms. The van der Waals surface area contributed by atoms with E-state index < -0.39 is 0 Å². The normalized spacial score (nSPS) is 14.4. The molecule has 1 aliphatic carbocycles. The fourth-order valence-corrected chi connectivity index (χ4v) is 1.92. The van der Waals surface area contributed by atoms with Gasteiger partial charge < -0.3 is 10.1 Å². The van der Waals surface area contributed by atoms with Crippen molar-refractivity contribution in [3.8, 4) is 11.5 Å². The maximum absolute atomic E-state index is 13.5. The summed E-state index contributed by atoms with van der Waals surface area (Å²) in [6.45, 7) is 0.832. The SMILES string of the molecule is Fc1ccccc1Oc1cccc(CNC2CC2)c1. The maximum Gasteiger partial charge on any atom is 0.165 e. The van der Waals surface area contributed by atoms with Crippen molar-refractivity contribution in [1.82, 2.24) is 5.32 Å². The summed E-state index contributed by atoms with van der Waals surface area (Å²) in [6, 6.07) is 14.9. The summed E-state index contributed by atoms with van der Waals surface area (Å²) in [5.41, 5.74) is 1.15. The molecule has 1 fully saturated rings. The van der Waals surface area contributed by atoms with E-state index in [0.29, 0.717) is 11.8 Å². The second-order valence-corrected chi connectivity index (χ2v) is 4.84. The number of rotatable bonds is 5. The van der Waals surface area contributed by atoms with Crippen LogP contribution in [-0.4, -0.2) is 6.04 Å². The second kappa shape index (κ2) is 5.41. The molecule has 1 saturated carbocycles. The van der Waals surface area contributed by atoms with Gasteiger partial charge in [-0.2, -0.15) is 0 Å². The van der Waals surface area contributed by atoms with Crippen LogP contribution in [0.25, 0.3) is 0 Å². The van der Waals surface area contributed by atoms with E-state index in [0.717, 1.165) is 12.1 Å². The van der Waals surface area contributed by atoms with Crippen molar-refractivity contribution in [2.24, 2.45) is 0 Å². The number of para-hydroxylation sites is 1. The van der Waals surface area contributed by atoms with Crippen molar-refractivity contribution in [3.63, 3.8) is 0 Å². The number of halogens is 1. The van der Waals surface area contributed by atoms with Crippen LogP contribution in [0.15, 0.2) is 48.5 Å². The Balaban J connectivity index is 1.70. The Morgan fingerprint density at radius 2 is 1.95 bits per heavy atom. The molecule has 0 atom stereocenters. The quantitative estimate of drug-likeness (QED) is 0.878. The second-order valence-electron chi connectivity index (χ2n) is 4.84. The first-order valence-corrected chi connectivity index (χ1v) is 6.56. The Bertz CT molecular complexity index is 566. The molecule has 1 aliphatic rings. The Morgan fingerprint density at radius 3 is 2.74 bits per heavy atom. The lowest BCUT2D eigenvalue weighted by Gasteiger charge is -2.09. The number of hydrogen-bond acceptors (Lipinski definition) is 2. The minimum Gasteiger partial charge on any atom is -0.454 e. The summed E-state index contributed by atoms with van der Waals surface area (Å²) < 4.78 is 19.1. The van der Waals surface area contributed by atoms with Crippen molar-refractivity contribution < 1.29 is 9.13 Å². The molecule has 0 aromatic heterocycles. The number of ether oxygens (including phenoxy) is 1. The minimum absolute atomic E-state index is 0.259. The maximum atomic E-state index is 13.5. The third kappa shape index (κ3) is 3.32. The molecule has 0 spiro atoms. The topological polar surface area (TPSA) is 21.3 Å². The number of nitrogens with one attached hydrogen (secondary N) is 1. The lowest BCUT2D eigenvalue weighted by Crippen LogP contribution is -2.15. The van der Waals surface area contributed by atoms with E-state index in [2.05, 4.69) is 5.32 Å². The van der Waals surface area contributed by atoms with E-state index in [1.165, 1.54) is 18.9 Å².